The highest BCUT2D eigenvalue weighted by atomic mass is 16.5. The van der Waals surface area contributed by atoms with Gasteiger partial charge >= 0.3 is 0 Å². The van der Waals surface area contributed by atoms with Crippen molar-refractivity contribution in [2.75, 3.05) is 19.5 Å². The number of hydrogen-bond donors (Lipinski definition) is 2. The second kappa shape index (κ2) is 8.40. The maximum absolute atomic E-state index is 12.1. The molecule has 0 spiro atoms. The van der Waals surface area contributed by atoms with Crippen molar-refractivity contribution in [2.24, 2.45) is 0 Å². The molecule has 0 atom stereocenters. The largest absolute Gasteiger partial charge is 0.493 e. The van der Waals surface area contributed by atoms with Gasteiger partial charge in [-0.25, -0.2) is 0 Å². The van der Waals surface area contributed by atoms with Gasteiger partial charge < -0.3 is 20.1 Å². The molecule has 1 aliphatic carbocycles. The average molecular weight is 366 g/mol. The molecule has 2 N–H and O–H groups in total. The summed E-state index contributed by atoms with van der Waals surface area (Å²) in [7, 11) is 3.13. The van der Waals surface area contributed by atoms with Crippen molar-refractivity contribution in [2.45, 2.75) is 18.9 Å². The van der Waals surface area contributed by atoms with Gasteiger partial charge in [0.25, 0.3) is 5.91 Å². The lowest BCUT2D eigenvalue weighted by Crippen LogP contribution is -2.25. The van der Waals surface area contributed by atoms with Crippen LogP contribution in [0.3, 0.4) is 0 Å². The number of nitrogens with one attached hydrogen (secondary N) is 2. The molecule has 2 aromatic rings. The van der Waals surface area contributed by atoms with Crippen LogP contribution >= 0.6 is 0 Å². The quantitative estimate of drug-likeness (QED) is 0.738. The molecule has 6 heteroatoms. The molecule has 0 aromatic heterocycles. The summed E-state index contributed by atoms with van der Waals surface area (Å²) < 4.78 is 10.4. The van der Waals surface area contributed by atoms with Gasteiger partial charge in [0.05, 0.1) is 14.2 Å². The molecule has 1 saturated carbocycles. The van der Waals surface area contributed by atoms with Gasteiger partial charge in [0.2, 0.25) is 5.91 Å². The predicted octanol–water partition coefficient (Wildman–Crippen LogP) is 3.25. The van der Waals surface area contributed by atoms with Crippen LogP contribution in [0.15, 0.2) is 48.5 Å². The van der Waals surface area contributed by atoms with Crippen molar-refractivity contribution in [3.63, 3.8) is 0 Å². The van der Waals surface area contributed by atoms with Crippen molar-refractivity contribution in [3.05, 3.63) is 59.7 Å². The Bertz CT molecular complexity index is 855. The molecule has 6 nitrogen and oxygen atoms in total. The number of methoxy groups -OCH3 is 2. The highest BCUT2D eigenvalue weighted by Gasteiger charge is 2.23. The topological polar surface area (TPSA) is 76.7 Å². The number of ether oxygens (including phenoxy) is 2. The number of amides is 2. The van der Waals surface area contributed by atoms with Gasteiger partial charge in [0.15, 0.2) is 11.5 Å². The number of hydrogen-bond acceptors (Lipinski definition) is 4. The summed E-state index contributed by atoms with van der Waals surface area (Å²) >= 11 is 0. The molecule has 0 bridgehead atoms. The SMILES string of the molecule is COc1ccc(/C=C/C(=O)Nc2ccc(C(=O)NC3CC3)cc2)cc1OC. The molecule has 140 valence electrons. The highest BCUT2D eigenvalue weighted by molar-refractivity contribution is 6.02. The van der Waals surface area contributed by atoms with E-state index in [-0.39, 0.29) is 11.8 Å². The number of rotatable bonds is 7. The zero-order valence-corrected chi connectivity index (χ0v) is 15.3. The third kappa shape index (κ3) is 5.10. The highest BCUT2D eigenvalue weighted by Crippen LogP contribution is 2.28. The van der Waals surface area contributed by atoms with Gasteiger partial charge in [0, 0.05) is 23.4 Å². The predicted molar refractivity (Wildman–Crippen MR) is 104 cm³/mol. The zero-order valence-electron chi connectivity index (χ0n) is 15.3. The molecule has 2 aromatic carbocycles. The Morgan fingerprint density at radius 3 is 2.33 bits per heavy atom. The second-order valence-electron chi connectivity index (χ2n) is 6.26. The first kappa shape index (κ1) is 18.5. The molecule has 0 aliphatic heterocycles. The molecule has 0 saturated heterocycles. The molecule has 2 amide bonds. The summed E-state index contributed by atoms with van der Waals surface area (Å²) in [5, 5.41) is 5.70. The summed E-state index contributed by atoms with van der Waals surface area (Å²) in [4.78, 5) is 24.1. The van der Waals surface area contributed by atoms with Gasteiger partial charge in [-0.05, 0) is 60.9 Å². The lowest BCUT2D eigenvalue weighted by atomic mass is 10.1. The third-order valence-corrected chi connectivity index (χ3v) is 4.16. The first-order valence-corrected chi connectivity index (χ1v) is 8.71. The minimum absolute atomic E-state index is 0.0799. The van der Waals surface area contributed by atoms with E-state index in [1.807, 2.05) is 6.07 Å². The van der Waals surface area contributed by atoms with Crippen molar-refractivity contribution < 1.29 is 19.1 Å². The average Bonchev–Trinajstić information content (AvgIpc) is 3.50. The summed E-state index contributed by atoms with van der Waals surface area (Å²) in [6, 6.07) is 12.5. The maximum Gasteiger partial charge on any atom is 0.251 e. The van der Waals surface area contributed by atoms with Crippen LogP contribution in [-0.4, -0.2) is 32.1 Å². The van der Waals surface area contributed by atoms with Crippen LogP contribution in [0.1, 0.15) is 28.8 Å². The maximum atomic E-state index is 12.1. The lowest BCUT2D eigenvalue weighted by molar-refractivity contribution is -0.111. The van der Waals surface area contributed by atoms with Gasteiger partial charge in [0.1, 0.15) is 0 Å². The third-order valence-electron chi connectivity index (χ3n) is 4.16. The van der Waals surface area contributed by atoms with Crippen molar-refractivity contribution in [1.82, 2.24) is 5.32 Å². The number of anilines is 1. The molecule has 1 fully saturated rings. The van der Waals surface area contributed by atoms with E-state index in [2.05, 4.69) is 10.6 Å². The summed E-state index contributed by atoms with van der Waals surface area (Å²) in [5.41, 5.74) is 2.02. The van der Waals surface area contributed by atoms with E-state index in [0.29, 0.717) is 28.8 Å². The van der Waals surface area contributed by atoms with Gasteiger partial charge in [-0.1, -0.05) is 6.07 Å². The first-order chi connectivity index (χ1) is 13.1. The van der Waals surface area contributed by atoms with Crippen molar-refractivity contribution in [1.29, 1.82) is 0 Å². The molecule has 27 heavy (non-hydrogen) atoms. The standard InChI is InChI=1S/C21H22N2O4/c1-26-18-11-3-14(13-19(18)27-2)4-12-20(24)22-16-7-5-15(6-8-16)21(25)23-17-9-10-17/h3-8,11-13,17H,9-10H2,1-2H3,(H,22,24)(H,23,25)/b12-4+. The Labute approximate surface area is 158 Å². The van der Waals surface area contributed by atoms with E-state index in [1.165, 1.54) is 6.08 Å². The smallest absolute Gasteiger partial charge is 0.251 e. The fraction of sp³-hybridized carbons (Fsp3) is 0.238. The Balaban J connectivity index is 1.58. The van der Waals surface area contributed by atoms with Crippen LogP contribution in [0.5, 0.6) is 11.5 Å². The minimum Gasteiger partial charge on any atom is -0.493 e. The van der Waals surface area contributed by atoms with Gasteiger partial charge in [-0.2, -0.15) is 0 Å². The van der Waals surface area contributed by atoms with Crippen LogP contribution in [0, 0.1) is 0 Å². The van der Waals surface area contributed by atoms with Crippen LogP contribution in [0.4, 0.5) is 5.69 Å². The molecule has 0 unspecified atom stereocenters. The molecular formula is C21H22N2O4. The van der Waals surface area contributed by atoms with E-state index in [1.54, 1.807) is 56.7 Å². The molecule has 3 rings (SSSR count). The van der Waals surface area contributed by atoms with E-state index in [4.69, 9.17) is 9.47 Å². The summed E-state index contributed by atoms with van der Waals surface area (Å²) in [5.74, 6) is 0.883. The Kier molecular flexibility index (Phi) is 5.76. The van der Waals surface area contributed by atoms with Gasteiger partial charge in [-0.15, -0.1) is 0 Å². The van der Waals surface area contributed by atoms with E-state index < -0.39 is 0 Å². The molecular weight excluding hydrogens is 344 g/mol. The lowest BCUT2D eigenvalue weighted by Gasteiger charge is -2.07. The fourth-order valence-electron chi connectivity index (χ4n) is 2.51. The van der Waals surface area contributed by atoms with E-state index in [9.17, 15) is 9.59 Å². The van der Waals surface area contributed by atoms with Crippen molar-refractivity contribution in [3.8, 4) is 11.5 Å². The summed E-state index contributed by atoms with van der Waals surface area (Å²) in [6.45, 7) is 0. The van der Waals surface area contributed by atoms with Crippen LogP contribution < -0.4 is 20.1 Å². The van der Waals surface area contributed by atoms with E-state index in [0.717, 1.165) is 18.4 Å². The molecule has 0 radical (unpaired) electrons. The monoisotopic (exact) mass is 366 g/mol. The first-order valence-electron chi connectivity index (χ1n) is 8.71. The van der Waals surface area contributed by atoms with Crippen LogP contribution in [0.2, 0.25) is 0 Å². The summed E-state index contributed by atoms with van der Waals surface area (Å²) in [6.07, 6.45) is 5.22. The number of carbonyl (C=O) groups excluding carboxylic acids is 2. The molecule has 0 heterocycles. The Morgan fingerprint density at radius 1 is 1.00 bits per heavy atom. The Morgan fingerprint density at radius 2 is 1.70 bits per heavy atom. The number of benzene rings is 2. The Hall–Kier alpha value is -3.28. The van der Waals surface area contributed by atoms with Crippen LogP contribution in [0.25, 0.3) is 6.08 Å². The molecule has 1 aliphatic rings. The second-order valence-corrected chi connectivity index (χ2v) is 6.26. The van der Waals surface area contributed by atoms with Gasteiger partial charge in [-0.3, -0.25) is 9.59 Å². The number of carbonyl (C=O) groups is 2. The zero-order chi connectivity index (χ0) is 19.2. The minimum atomic E-state index is -0.264. The van der Waals surface area contributed by atoms with E-state index >= 15 is 0 Å². The fourth-order valence-corrected chi connectivity index (χ4v) is 2.51. The van der Waals surface area contributed by atoms with Crippen LogP contribution in [-0.2, 0) is 4.79 Å². The van der Waals surface area contributed by atoms with Crippen molar-refractivity contribution >= 4 is 23.6 Å². The normalized spacial score (nSPS) is 13.3.